The second-order valence-electron chi connectivity index (χ2n) is 2.26. The molecule has 0 bridgehead atoms. The number of halogens is 3. The zero-order valence-electron chi connectivity index (χ0n) is 6.35. The fourth-order valence-corrected chi connectivity index (χ4v) is 1.23. The highest BCUT2D eigenvalue weighted by molar-refractivity contribution is 9.10. The first kappa shape index (κ1) is 10.5. The summed E-state index contributed by atoms with van der Waals surface area (Å²) in [6.45, 7) is 3.39. The molecule has 0 radical (unpaired) electrons. The molecule has 5 heteroatoms. The zero-order valence-corrected chi connectivity index (χ0v) is 8.83. The number of benzene rings is 1. The summed E-state index contributed by atoms with van der Waals surface area (Å²) < 4.78 is 30.4. The van der Waals surface area contributed by atoms with Crippen LogP contribution < -0.4 is 0 Å². The van der Waals surface area contributed by atoms with Crippen LogP contribution in [0.3, 0.4) is 0 Å². The van der Waals surface area contributed by atoms with E-state index in [0.717, 1.165) is 6.07 Å². The van der Waals surface area contributed by atoms with Gasteiger partial charge in [-0.25, -0.2) is 8.78 Å². The highest BCUT2D eigenvalue weighted by atomic mass is 79.9. The largest absolute Gasteiger partial charge is 0.429 e. The summed E-state index contributed by atoms with van der Waals surface area (Å²) in [5, 5.41) is 0. The molecule has 0 unspecified atom stereocenters. The van der Waals surface area contributed by atoms with Crippen LogP contribution in [-0.4, -0.2) is 0 Å². The van der Waals surface area contributed by atoms with E-state index in [0.29, 0.717) is 0 Å². The average molecular weight is 267 g/mol. The minimum Gasteiger partial charge on any atom is -0.429 e. The highest BCUT2D eigenvalue weighted by Crippen LogP contribution is 2.25. The summed E-state index contributed by atoms with van der Waals surface area (Å²) in [5.74, 6) is -1.38. The second kappa shape index (κ2) is 4.11. The molecule has 0 heterocycles. The van der Waals surface area contributed by atoms with E-state index in [9.17, 15) is 8.78 Å². The van der Waals surface area contributed by atoms with Crippen molar-refractivity contribution in [2.75, 3.05) is 0 Å². The number of thiol groups is 1. The van der Waals surface area contributed by atoms with Gasteiger partial charge in [0, 0.05) is 19.0 Å². The van der Waals surface area contributed by atoms with Gasteiger partial charge in [-0.3, -0.25) is 0 Å². The van der Waals surface area contributed by atoms with Crippen molar-refractivity contribution in [3.63, 3.8) is 0 Å². The van der Waals surface area contributed by atoms with Gasteiger partial charge in [0.05, 0.1) is 10.0 Å². The molecule has 0 aliphatic heterocycles. The number of hydrogen-bond acceptors (Lipinski definition) is 2. The van der Waals surface area contributed by atoms with Gasteiger partial charge in [0.15, 0.2) is 0 Å². The van der Waals surface area contributed by atoms with E-state index in [2.05, 4.69) is 39.6 Å². The van der Waals surface area contributed by atoms with Gasteiger partial charge in [-0.1, -0.05) is 6.58 Å². The van der Waals surface area contributed by atoms with Gasteiger partial charge < -0.3 is 4.18 Å². The average Bonchev–Trinajstić information content (AvgIpc) is 2.10. The molecule has 1 aromatic rings. The van der Waals surface area contributed by atoms with E-state index < -0.39 is 11.6 Å². The molecule has 1 aromatic carbocycles. The number of hydrogen-bond donors (Lipinski definition) is 1. The maximum atomic E-state index is 13.0. The smallest absolute Gasteiger partial charge is 0.140 e. The molecule has 70 valence electrons. The van der Waals surface area contributed by atoms with E-state index >= 15 is 0 Å². The lowest BCUT2D eigenvalue weighted by atomic mass is 10.2. The highest BCUT2D eigenvalue weighted by Gasteiger charge is 2.11. The molecule has 0 spiro atoms. The third-order valence-electron chi connectivity index (χ3n) is 1.42. The summed E-state index contributed by atoms with van der Waals surface area (Å²) >= 11 is 6.37. The molecular weight excluding hydrogens is 262 g/mol. The third-order valence-corrected chi connectivity index (χ3v) is 2.25. The minimum atomic E-state index is -0.736. The Balaban J connectivity index is 3.23. The molecule has 0 aromatic heterocycles. The predicted molar refractivity (Wildman–Crippen MR) is 53.2 cm³/mol. The monoisotopic (exact) mass is 266 g/mol. The van der Waals surface area contributed by atoms with Gasteiger partial charge in [-0.2, -0.15) is 0 Å². The van der Waals surface area contributed by atoms with Crippen LogP contribution in [0, 0.1) is 11.6 Å². The maximum absolute atomic E-state index is 13.0. The van der Waals surface area contributed by atoms with Crippen LogP contribution in [0.25, 0.3) is 5.76 Å². The zero-order chi connectivity index (χ0) is 10.0. The van der Waals surface area contributed by atoms with E-state index in [-0.39, 0.29) is 15.8 Å². The van der Waals surface area contributed by atoms with Crippen molar-refractivity contribution < 1.29 is 13.0 Å². The Bertz CT molecular complexity index is 354. The standard InChI is InChI=1S/C8H5BrF2OS/c1-4(12-13)5-2-6(9)8(11)3-7(5)10/h2-3,13H,1H2. The quantitative estimate of drug-likeness (QED) is 0.373. The lowest BCUT2D eigenvalue weighted by molar-refractivity contribution is 0.561. The normalized spacial score (nSPS) is 9.85. The Morgan fingerprint density at radius 1 is 1.38 bits per heavy atom. The molecule has 13 heavy (non-hydrogen) atoms. The molecule has 0 N–H and O–H groups in total. The van der Waals surface area contributed by atoms with Crippen LogP contribution in [0.15, 0.2) is 23.2 Å². The summed E-state index contributed by atoms with van der Waals surface area (Å²) in [4.78, 5) is 0. The fourth-order valence-electron chi connectivity index (χ4n) is 0.785. The molecular formula is C8H5BrF2OS. The molecule has 0 aliphatic rings. The van der Waals surface area contributed by atoms with Crippen molar-refractivity contribution in [2.45, 2.75) is 0 Å². The van der Waals surface area contributed by atoms with Crippen molar-refractivity contribution in [1.29, 1.82) is 0 Å². The van der Waals surface area contributed by atoms with Crippen LogP contribution in [-0.2, 0) is 4.18 Å². The van der Waals surface area contributed by atoms with Crippen LogP contribution in [0.1, 0.15) is 5.56 Å². The van der Waals surface area contributed by atoms with Gasteiger partial charge in [-0.05, 0) is 22.0 Å². The lowest BCUT2D eigenvalue weighted by Crippen LogP contribution is -1.91. The summed E-state index contributed by atoms with van der Waals surface area (Å²) in [6, 6.07) is 1.99. The summed E-state index contributed by atoms with van der Waals surface area (Å²) in [6.07, 6.45) is 0. The fraction of sp³-hybridized carbons (Fsp3) is 0. The van der Waals surface area contributed by atoms with Crippen LogP contribution in [0.4, 0.5) is 8.78 Å². The van der Waals surface area contributed by atoms with Crippen LogP contribution in [0.2, 0.25) is 0 Å². The molecule has 1 rings (SSSR count). The molecule has 0 fully saturated rings. The summed E-state index contributed by atoms with van der Waals surface area (Å²) in [5.41, 5.74) is 0.0725. The SMILES string of the molecule is C=C(OS)c1cc(Br)c(F)cc1F. The second-order valence-corrected chi connectivity index (χ2v) is 3.30. The van der Waals surface area contributed by atoms with Crippen molar-refractivity contribution in [3.05, 3.63) is 40.4 Å². The van der Waals surface area contributed by atoms with E-state index in [1.165, 1.54) is 6.07 Å². The van der Waals surface area contributed by atoms with E-state index in [1.54, 1.807) is 0 Å². The first-order chi connectivity index (χ1) is 6.06. The Labute approximate surface area is 88.1 Å². The van der Waals surface area contributed by atoms with Crippen molar-refractivity contribution in [2.24, 2.45) is 0 Å². The van der Waals surface area contributed by atoms with Crippen molar-refractivity contribution in [3.8, 4) is 0 Å². The predicted octanol–water partition coefficient (Wildman–Crippen LogP) is 3.56. The molecule has 0 amide bonds. The van der Waals surface area contributed by atoms with Crippen molar-refractivity contribution in [1.82, 2.24) is 0 Å². The van der Waals surface area contributed by atoms with E-state index in [4.69, 9.17) is 0 Å². The Hall–Kier alpha value is -0.550. The Kier molecular flexibility index (Phi) is 3.33. The van der Waals surface area contributed by atoms with Gasteiger partial charge >= 0.3 is 0 Å². The Morgan fingerprint density at radius 3 is 2.54 bits per heavy atom. The van der Waals surface area contributed by atoms with Gasteiger partial charge in [0.2, 0.25) is 0 Å². The molecule has 0 atom stereocenters. The Morgan fingerprint density at radius 2 is 2.00 bits per heavy atom. The molecule has 0 aliphatic carbocycles. The summed E-state index contributed by atoms with van der Waals surface area (Å²) in [7, 11) is 0. The molecule has 0 saturated heterocycles. The van der Waals surface area contributed by atoms with Gasteiger partial charge in [0.1, 0.15) is 17.4 Å². The van der Waals surface area contributed by atoms with Crippen LogP contribution >= 0.6 is 28.8 Å². The number of rotatable bonds is 2. The molecule has 1 nitrogen and oxygen atoms in total. The van der Waals surface area contributed by atoms with Crippen molar-refractivity contribution >= 4 is 34.6 Å². The maximum Gasteiger partial charge on any atom is 0.140 e. The van der Waals surface area contributed by atoms with Gasteiger partial charge in [0.25, 0.3) is 0 Å². The first-order valence-corrected chi connectivity index (χ1v) is 4.37. The lowest BCUT2D eigenvalue weighted by Gasteiger charge is -2.05. The topological polar surface area (TPSA) is 9.23 Å². The van der Waals surface area contributed by atoms with Gasteiger partial charge in [-0.15, -0.1) is 0 Å². The van der Waals surface area contributed by atoms with E-state index in [1.807, 2.05) is 0 Å². The molecule has 0 saturated carbocycles. The first-order valence-electron chi connectivity index (χ1n) is 3.21. The minimum absolute atomic E-state index is 0.0292. The van der Waals surface area contributed by atoms with Crippen LogP contribution in [0.5, 0.6) is 0 Å². The third kappa shape index (κ3) is 2.22.